The van der Waals surface area contributed by atoms with E-state index in [1.807, 2.05) is 12.1 Å². The Morgan fingerprint density at radius 2 is 1.85 bits per heavy atom. The monoisotopic (exact) mass is 524 g/mol. The summed E-state index contributed by atoms with van der Waals surface area (Å²) < 4.78 is 13.4. The molecule has 1 unspecified atom stereocenters. The zero-order valence-corrected chi connectivity index (χ0v) is 20.9. The van der Waals surface area contributed by atoms with Crippen molar-refractivity contribution in [1.29, 1.82) is 0 Å². The van der Waals surface area contributed by atoms with Crippen molar-refractivity contribution in [3.8, 4) is 22.5 Å². The van der Waals surface area contributed by atoms with E-state index in [9.17, 15) is 14.0 Å². The number of hydrogen-bond donors (Lipinski definition) is 5. The van der Waals surface area contributed by atoms with Crippen LogP contribution in [0.5, 0.6) is 0 Å². The average Bonchev–Trinajstić information content (AvgIpc) is 3.39. The van der Waals surface area contributed by atoms with E-state index in [1.54, 1.807) is 61.9 Å². The van der Waals surface area contributed by atoms with Crippen LogP contribution in [0.3, 0.4) is 0 Å². The highest BCUT2D eigenvalue weighted by atomic mass is 19.1. The number of halogens is 1. The number of benzene rings is 2. The zero-order valence-electron chi connectivity index (χ0n) is 20.9. The molecule has 3 heterocycles. The van der Waals surface area contributed by atoms with Crippen molar-refractivity contribution in [2.45, 2.75) is 6.04 Å². The Morgan fingerprint density at radius 1 is 1.03 bits per heavy atom. The first-order valence-electron chi connectivity index (χ1n) is 12.1. The van der Waals surface area contributed by atoms with Crippen LogP contribution in [0.15, 0.2) is 79.1 Å². The molecule has 0 aliphatic heterocycles. The molecule has 0 aliphatic carbocycles. The van der Waals surface area contributed by atoms with Gasteiger partial charge in [-0.15, -0.1) is 0 Å². The van der Waals surface area contributed by atoms with E-state index in [0.29, 0.717) is 28.6 Å². The van der Waals surface area contributed by atoms with E-state index in [4.69, 9.17) is 5.73 Å². The fourth-order valence-corrected chi connectivity index (χ4v) is 4.11. The number of carbonyl (C=O) groups is 2. The molecule has 1 atom stereocenters. The summed E-state index contributed by atoms with van der Waals surface area (Å²) in [5.74, 6) is -0.543. The third kappa shape index (κ3) is 5.67. The molecule has 0 saturated heterocycles. The Balaban J connectivity index is 1.31. The number of anilines is 2. The number of primary amides is 1. The van der Waals surface area contributed by atoms with E-state index in [0.717, 1.165) is 22.2 Å². The lowest BCUT2D eigenvalue weighted by Gasteiger charge is -2.18. The van der Waals surface area contributed by atoms with E-state index in [-0.39, 0.29) is 12.4 Å². The normalized spacial score (nSPS) is 11.6. The Kier molecular flexibility index (Phi) is 7.13. The van der Waals surface area contributed by atoms with Gasteiger partial charge < -0.3 is 26.7 Å². The molecule has 5 aromatic rings. The first kappa shape index (κ1) is 25.3. The van der Waals surface area contributed by atoms with Gasteiger partial charge in [0, 0.05) is 48.0 Å². The van der Waals surface area contributed by atoms with Crippen LogP contribution in [0.25, 0.3) is 33.4 Å². The van der Waals surface area contributed by atoms with E-state index in [1.165, 1.54) is 12.1 Å². The van der Waals surface area contributed by atoms with Crippen LogP contribution < -0.4 is 21.7 Å². The van der Waals surface area contributed by atoms with Gasteiger partial charge in [-0.25, -0.2) is 19.3 Å². The Hall–Kier alpha value is -5.32. The second-order valence-corrected chi connectivity index (χ2v) is 8.72. The van der Waals surface area contributed by atoms with Gasteiger partial charge in [-0.1, -0.05) is 12.1 Å². The highest BCUT2D eigenvalue weighted by molar-refractivity contribution is 6.01. The molecular weight excluding hydrogens is 499 g/mol. The average molecular weight is 525 g/mol. The van der Waals surface area contributed by atoms with Gasteiger partial charge in [-0.05, 0) is 60.2 Å². The maximum Gasteiger partial charge on any atom is 0.252 e. The topological polar surface area (TPSA) is 151 Å². The largest absolute Gasteiger partial charge is 0.368 e. The predicted molar refractivity (Wildman–Crippen MR) is 147 cm³/mol. The predicted octanol–water partition coefficient (Wildman–Crippen LogP) is 3.56. The second-order valence-electron chi connectivity index (χ2n) is 8.72. The van der Waals surface area contributed by atoms with Crippen LogP contribution in [-0.4, -0.2) is 51.4 Å². The summed E-state index contributed by atoms with van der Waals surface area (Å²) in [5, 5.41) is 9.48. The van der Waals surface area contributed by atoms with E-state index >= 15 is 0 Å². The van der Waals surface area contributed by atoms with Crippen LogP contribution in [0.1, 0.15) is 10.4 Å². The molecule has 0 saturated carbocycles. The molecule has 196 valence electrons. The lowest BCUT2D eigenvalue weighted by Crippen LogP contribution is -2.48. The molecule has 2 amide bonds. The molecule has 39 heavy (non-hydrogen) atoms. The molecule has 0 spiro atoms. The number of hydrogen-bond acceptors (Lipinski definition) is 7. The molecule has 10 nitrogen and oxygen atoms in total. The van der Waals surface area contributed by atoms with E-state index < -0.39 is 17.9 Å². The van der Waals surface area contributed by atoms with Gasteiger partial charge in [0.15, 0.2) is 0 Å². The maximum atomic E-state index is 13.4. The van der Waals surface area contributed by atoms with Gasteiger partial charge in [0.2, 0.25) is 11.9 Å². The van der Waals surface area contributed by atoms with Crippen molar-refractivity contribution >= 4 is 34.5 Å². The molecule has 0 bridgehead atoms. The van der Waals surface area contributed by atoms with Gasteiger partial charge in [-0.3, -0.25) is 9.59 Å². The minimum Gasteiger partial charge on any atom is -0.368 e. The number of rotatable bonds is 9. The van der Waals surface area contributed by atoms with E-state index in [2.05, 4.69) is 35.9 Å². The molecule has 2 aromatic carbocycles. The molecule has 0 radical (unpaired) electrons. The summed E-state index contributed by atoms with van der Waals surface area (Å²) in [6, 6.07) is 17.4. The number of H-pyrrole nitrogens is 1. The fourth-order valence-electron chi connectivity index (χ4n) is 4.11. The molecule has 3 aromatic heterocycles. The lowest BCUT2D eigenvalue weighted by atomic mass is 10.1. The van der Waals surface area contributed by atoms with Crippen LogP contribution in [0.4, 0.5) is 16.2 Å². The maximum absolute atomic E-state index is 13.4. The Bertz CT molecular complexity index is 1650. The van der Waals surface area contributed by atoms with Crippen molar-refractivity contribution in [2.75, 3.05) is 24.2 Å². The zero-order chi connectivity index (χ0) is 27.4. The number of aromatic nitrogens is 4. The molecule has 5 rings (SSSR count). The van der Waals surface area contributed by atoms with Crippen LogP contribution in [0.2, 0.25) is 0 Å². The van der Waals surface area contributed by atoms with Gasteiger partial charge in [0.25, 0.3) is 5.91 Å². The molecule has 0 fully saturated rings. The minimum absolute atomic E-state index is 0.00430. The quantitative estimate of drug-likeness (QED) is 0.198. The SMILES string of the molecule is CNc1nccc(-c2cc3cc(C(=O)NC(CNc4ncccc4-c4ccc(F)cc4)C(N)=O)ccc3[nH]2)n1. The summed E-state index contributed by atoms with van der Waals surface area (Å²) >= 11 is 0. The summed E-state index contributed by atoms with van der Waals surface area (Å²) in [7, 11) is 1.74. The Labute approximate surface area is 222 Å². The number of carbonyl (C=O) groups excluding carboxylic acids is 2. The number of aromatic amines is 1. The standard InChI is InChI=1S/C28H25FN8O2/c1-31-28-33-12-10-22(37-28)23-14-18-13-17(6-9-21(18)35-23)27(39)36-24(25(30)38)15-34-26-20(3-2-11-32-26)16-4-7-19(29)8-5-16/h2-14,24,35H,15H2,1H3,(H2,30,38)(H,32,34)(H,36,39)(H,31,33,37). The summed E-state index contributed by atoms with van der Waals surface area (Å²) in [6.45, 7) is 0.00430. The number of fused-ring (bicyclic) bond motifs is 1. The Morgan fingerprint density at radius 3 is 2.62 bits per heavy atom. The van der Waals surface area contributed by atoms with Crippen molar-refractivity contribution in [3.63, 3.8) is 0 Å². The molecule has 0 aliphatic rings. The summed E-state index contributed by atoms with van der Waals surface area (Å²) in [4.78, 5) is 41.4. The number of amides is 2. The minimum atomic E-state index is -1.01. The third-order valence-electron chi connectivity index (χ3n) is 6.12. The third-order valence-corrected chi connectivity index (χ3v) is 6.12. The first-order valence-corrected chi connectivity index (χ1v) is 12.1. The molecule has 11 heteroatoms. The fraction of sp³-hybridized carbons (Fsp3) is 0.107. The smallest absolute Gasteiger partial charge is 0.252 e. The van der Waals surface area contributed by atoms with Crippen molar-refractivity contribution in [2.24, 2.45) is 5.73 Å². The number of nitrogens with zero attached hydrogens (tertiary/aromatic N) is 3. The number of nitrogens with two attached hydrogens (primary N) is 1. The van der Waals surface area contributed by atoms with Gasteiger partial charge >= 0.3 is 0 Å². The number of pyridine rings is 1. The number of nitrogens with one attached hydrogen (secondary N) is 4. The molecular formula is C28H25FN8O2. The first-order chi connectivity index (χ1) is 18.9. The van der Waals surface area contributed by atoms with Crippen LogP contribution in [0, 0.1) is 5.82 Å². The molecule has 6 N–H and O–H groups in total. The van der Waals surface area contributed by atoms with Crippen molar-refractivity contribution < 1.29 is 14.0 Å². The van der Waals surface area contributed by atoms with Crippen LogP contribution >= 0.6 is 0 Å². The highest BCUT2D eigenvalue weighted by Crippen LogP contribution is 2.26. The second kappa shape index (κ2) is 11.0. The highest BCUT2D eigenvalue weighted by Gasteiger charge is 2.20. The lowest BCUT2D eigenvalue weighted by molar-refractivity contribution is -0.119. The van der Waals surface area contributed by atoms with Gasteiger partial charge in [0.05, 0.1) is 11.4 Å². The van der Waals surface area contributed by atoms with Crippen molar-refractivity contribution in [1.82, 2.24) is 25.3 Å². The van der Waals surface area contributed by atoms with Crippen LogP contribution in [-0.2, 0) is 4.79 Å². The van der Waals surface area contributed by atoms with Crippen molar-refractivity contribution in [3.05, 3.63) is 90.5 Å². The summed E-state index contributed by atoms with van der Waals surface area (Å²) in [6.07, 6.45) is 3.25. The van der Waals surface area contributed by atoms with Gasteiger partial charge in [-0.2, -0.15) is 0 Å². The van der Waals surface area contributed by atoms with Gasteiger partial charge in [0.1, 0.15) is 17.7 Å². The summed E-state index contributed by atoms with van der Waals surface area (Å²) in [5.41, 5.74) is 9.71.